The fourth-order valence-corrected chi connectivity index (χ4v) is 2.79. The zero-order valence-corrected chi connectivity index (χ0v) is 13.7. The van der Waals surface area contributed by atoms with Crippen molar-refractivity contribution in [2.45, 2.75) is 30.5 Å². The second kappa shape index (κ2) is 7.41. The molecule has 21 heavy (non-hydrogen) atoms. The zero-order chi connectivity index (χ0) is 15.1. The van der Waals surface area contributed by atoms with E-state index in [4.69, 9.17) is 4.74 Å². The quantitative estimate of drug-likeness (QED) is 0.414. The van der Waals surface area contributed by atoms with E-state index >= 15 is 0 Å². The van der Waals surface area contributed by atoms with Crippen molar-refractivity contribution in [1.29, 1.82) is 0 Å². The molecule has 2 aromatic rings. The number of para-hydroxylation sites is 1. The fraction of sp³-hybridized carbons (Fsp3) is 0.278. The van der Waals surface area contributed by atoms with E-state index in [1.165, 1.54) is 0 Å². The highest BCUT2D eigenvalue weighted by atomic mass is 79.9. The van der Waals surface area contributed by atoms with Gasteiger partial charge in [0.2, 0.25) is 0 Å². The molecule has 1 unspecified atom stereocenters. The van der Waals surface area contributed by atoms with Gasteiger partial charge in [0, 0.05) is 0 Å². The topological polar surface area (TPSA) is 26.3 Å². The van der Waals surface area contributed by atoms with E-state index in [-0.39, 0.29) is 5.97 Å². The van der Waals surface area contributed by atoms with Gasteiger partial charge in [-0.15, -0.1) is 0 Å². The van der Waals surface area contributed by atoms with Gasteiger partial charge in [-0.3, -0.25) is 0 Å². The van der Waals surface area contributed by atoms with Crippen molar-refractivity contribution in [2.24, 2.45) is 0 Å². The molecule has 0 N–H and O–H groups in total. The highest BCUT2D eigenvalue weighted by Crippen LogP contribution is 2.38. The molecule has 0 amide bonds. The largest absolute Gasteiger partial charge is 0.425 e. The Morgan fingerprint density at radius 3 is 2.19 bits per heavy atom. The molecule has 110 valence electrons. The third-order valence-corrected chi connectivity index (χ3v) is 4.56. The summed E-state index contributed by atoms with van der Waals surface area (Å²) in [4.78, 5) is 12.7. The van der Waals surface area contributed by atoms with Crippen molar-refractivity contribution in [3.05, 3.63) is 66.2 Å². The van der Waals surface area contributed by atoms with Crippen molar-refractivity contribution >= 4 is 21.9 Å². The minimum Gasteiger partial charge on any atom is -0.425 e. The first kappa shape index (κ1) is 15.8. The van der Waals surface area contributed by atoms with Crippen molar-refractivity contribution in [3.8, 4) is 5.75 Å². The number of carbonyl (C=O) groups is 1. The maximum atomic E-state index is 12.7. The summed E-state index contributed by atoms with van der Waals surface area (Å²) in [5.41, 5.74) is 0.930. The van der Waals surface area contributed by atoms with Crippen molar-refractivity contribution in [2.75, 3.05) is 0 Å². The van der Waals surface area contributed by atoms with E-state index in [0.717, 1.165) is 18.4 Å². The van der Waals surface area contributed by atoms with E-state index in [2.05, 4.69) is 22.9 Å². The molecule has 2 rings (SSSR count). The molecule has 0 aliphatic rings. The summed E-state index contributed by atoms with van der Waals surface area (Å²) >= 11 is 3.64. The van der Waals surface area contributed by atoms with Gasteiger partial charge in [0.05, 0.1) is 0 Å². The standard InChI is InChI=1S/C18H19BrO2/c1-2-3-14-18(19,15-10-6-4-7-11-15)17(20)21-16-12-8-5-9-13-16/h4-13H,2-3,14H2,1H3. The molecule has 0 fully saturated rings. The monoisotopic (exact) mass is 346 g/mol. The fourth-order valence-electron chi connectivity index (χ4n) is 2.16. The molecule has 0 radical (unpaired) electrons. The van der Waals surface area contributed by atoms with Gasteiger partial charge in [-0.25, -0.2) is 4.79 Å². The van der Waals surface area contributed by atoms with Crippen molar-refractivity contribution in [1.82, 2.24) is 0 Å². The first-order chi connectivity index (χ1) is 10.2. The second-order valence-corrected chi connectivity index (χ2v) is 6.33. The molecule has 0 aliphatic heterocycles. The van der Waals surface area contributed by atoms with Crippen LogP contribution in [0.1, 0.15) is 31.7 Å². The number of ether oxygens (including phenoxy) is 1. The molecule has 0 saturated carbocycles. The summed E-state index contributed by atoms with van der Waals surface area (Å²) in [5, 5.41) is 0. The van der Waals surface area contributed by atoms with E-state index in [1.807, 2.05) is 48.5 Å². The Morgan fingerprint density at radius 1 is 1.05 bits per heavy atom. The Labute approximate surface area is 134 Å². The number of carbonyl (C=O) groups excluding carboxylic acids is 1. The lowest BCUT2D eigenvalue weighted by Crippen LogP contribution is -2.33. The summed E-state index contributed by atoms with van der Waals surface area (Å²) in [5.74, 6) is 0.298. The Morgan fingerprint density at radius 2 is 1.62 bits per heavy atom. The first-order valence-electron chi connectivity index (χ1n) is 7.18. The number of benzene rings is 2. The summed E-state index contributed by atoms with van der Waals surface area (Å²) in [7, 11) is 0. The number of hydrogen-bond donors (Lipinski definition) is 0. The van der Waals surface area contributed by atoms with Gasteiger partial charge in [0.25, 0.3) is 0 Å². The van der Waals surface area contributed by atoms with Crippen LogP contribution in [0.3, 0.4) is 0 Å². The minimum atomic E-state index is -0.792. The molecule has 3 heteroatoms. The molecular formula is C18H19BrO2. The number of rotatable bonds is 6. The van der Waals surface area contributed by atoms with E-state index in [0.29, 0.717) is 12.2 Å². The molecule has 0 saturated heterocycles. The van der Waals surface area contributed by atoms with Crippen LogP contribution < -0.4 is 4.74 Å². The molecular weight excluding hydrogens is 328 g/mol. The summed E-state index contributed by atoms with van der Waals surface area (Å²) in [6, 6.07) is 18.9. The number of hydrogen-bond acceptors (Lipinski definition) is 2. The maximum absolute atomic E-state index is 12.7. The van der Waals surface area contributed by atoms with Crippen LogP contribution in [0.4, 0.5) is 0 Å². The lowest BCUT2D eigenvalue weighted by atomic mass is 9.93. The molecule has 2 nitrogen and oxygen atoms in total. The number of halogens is 1. The predicted molar refractivity (Wildman–Crippen MR) is 88.6 cm³/mol. The van der Waals surface area contributed by atoms with Gasteiger partial charge < -0.3 is 4.74 Å². The predicted octanol–water partition coefficient (Wildman–Crippen LogP) is 5.07. The lowest BCUT2D eigenvalue weighted by Gasteiger charge is -2.25. The Bertz CT molecular complexity index is 568. The number of alkyl halides is 1. The normalized spacial score (nSPS) is 13.4. The maximum Gasteiger partial charge on any atom is 0.332 e. The number of unbranched alkanes of at least 4 members (excludes halogenated alkanes) is 1. The Kier molecular flexibility index (Phi) is 5.57. The summed E-state index contributed by atoms with van der Waals surface area (Å²) in [6.07, 6.45) is 2.68. The summed E-state index contributed by atoms with van der Waals surface area (Å²) in [6.45, 7) is 2.11. The van der Waals surface area contributed by atoms with Crippen LogP contribution in [-0.2, 0) is 9.12 Å². The second-order valence-electron chi connectivity index (χ2n) is 4.97. The van der Waals surface area contributed by atoms with E-state index < -0.39 is 4.32 Å². The average Bonchev–Trinajstić information content (AvgIpc) is 2.54. The minimum absolute atomic E-state index is 0.270. The third-order valence-electron chi connectivity index (χ3n) is 3.38. The van der Waals surface area contributed by atoms with E-state index in [1.54, 1.807) is 12.1 Å². The summed E-state index contributed by atoms with van der Waals surface area (Å²) < 4.78 is 4.75. The van der Waals surface area contributed by atoms with Gasteiger partial charge >= 0.3 is 5.97 Å². The molecule has 0 spiro atoms. The average molecular weight is 347 g/mol. The smallest absolute Gasteiger partial charge is 0.332 e. The van der Waals surface area contributed by atoms with Crippen molar-refractivity contribution < 1.29 is 9.53 Å². The number of esters is 1. The highest BCUT2D eigenvalue weighted by Gasteiger charge is 2.38. The van der Waals surface area contributed by atoms with Gasteiger partial charge in [-0.1, -0.05) is 84.2 Å². The first-order valence-corrected chi connectivity index (χ1v) is 7.98. The van der Waals surface area contributed by atoms with Gasteiger partial charge in [-0.05, 0) is 24.1 Å². The van der Waals surface area contributed by atoms with Gasteiger partial charge in [0.15, 0.2) is 0 Å². The van der Waals surface area contributed by atoms with Gasteiger partial charge in [-0.2, -0.15) is 0 Å². The van der Waals surface area contributed by atoms with Crippen LogP contribution >= 0.6 is 15.9 Å². The molecule has 0 aromatic heterocycles. The molecule has 0 bridgehead atoms. The van der Waals surface area contributed by atoms with Crippen LogP contribution in [0, 0.1) is 0 Å². The Hall–Kier alpha value is -1.61. The highest BCUT2D eigenvalue weighted by molar-refractivity contribution is 9.10. The van der Waals surface area contributed by atoms with E-state index in [9.17, 15) is 4.79 Å². The van der Waals surface area contributed by atoms with Crippen LogP contribution in [0.2, 0.25) is 0 Å². The van der Waals surface area contributed by atoms with Crippen LogP contribution in [-0.4, -0.2) is 5.97 Å². The van der Waals surface area contributed by atoms with Gasteiger partial charge in [0.1, 0.15) is 10.1 Å². The Balaban J connectivity index is 2.25. The molecule has 1 atom stereocenters. The van der Waals surface area contributed by atoms with Crippen LogP contribution in [0.15, 0.2) is 60.7 Å². The third kappa shape index (κ3) is 3.94. The molecule has 2 aromatic carbocycles. The molecule has 0 heterocycles. The van der Waals surface area contributed by atoms with Crippen molar-refractivity contribution in [3.63, 3.8) is 0 Å². The van der Waals surface area contributed by atoms with Crippen LogP contribution in [0.25, 0.3) is 0 Å². The van der Waals surface area contributed by atoms with Crippen LogP contribution in [0.5, 0.6) is 5.75 Å². The zero-order valence-electron chi connectivity index (χ0n) is 12.1. The lowest BCUT2D eigenvalue weighted by molar-refractivity contribution is -0.137. The molecule has 0 aliphatic carbocycles. The SMILES string of the molecule is CCCCC(Br)(C(=O)Oc1ccccc1)c1ccccc1.